The van der Waals surface area contributed by atoms with Crippen LogP contribution in [0.5, 0.6) is 0 Å². The van der Waals surface area contributed by atoms with Crippen molar-refractivity contribution in [1.29, 1.82) is 0 Å². The molecule has 0 aromatic heterocycles. The minimum Gasteiger partial charge on any atom is -0.466 e. The van der Waals surface area contributed by atoms with E-state index in [4.69, 9.17) is 10.5 Å². The number of esters is 1. The van der Waals surface area contributed by atoms with E-state index in [1.165, 1.54) is 6.20 Å². The van der Waals surface area contributed by atoms with Crippen LogP contribution in [0.15, 0.2) is 23.9 Å². The zero-order chi connectivity index (χ0) is 9.40. The Kier molecular flexibility index (Phi) is 5.79. The molecule has 3 heteroatoms. The second kappa shape index (κ2) is 6.46. The second-order valence-corrected chi connectivity index (χ2v) is 2.20. The van der Waals surface area contributed by atoms with Crippen LogP contribution in [0, 0.1) is 0 Å². The minimum atomic E-state index is -0.219. The molecule has 3 nitrogen and oxygen atoms in total. The summed E-state index contributed by atoms with van der Waals surface area (Å²) in [7, 11) is 0. The topological polar surface area (TPSA) is 52.3 Å². The van der Waals surface area contributed by atoms with Crippen LogP contribution in [0.2, 0.25) is 0 Å². The molecule has 0 aliphatic heterocycles. The van der Waals surface area contributed by atoms with Gasteiger partial charge in [0.1, 0.15) is 0 Å². The molecule has 0 aromatic rings. The van der Waals surface area contributed by atoms with Gasteiger partial charge in [0.25, 0.3) is 0 Å². The first-order valence-electron chi connectivity index (χ1n) is 3.93. The lowest BCUT2D eigenvalue weighted by Crippen LogP contribution is -2.04. The predicted molar refractivity (Wildman–Crippen MR) is 48.3 cm³/mol. The molecule has 0 unspecified atom stereocenters. The van der Waals surface area contributed by atoms with Crippen molar-refractivity contribution < 1.29 is 9.53 Å². The van der Waals surface area contributed by atoms with Gasteiger partial charge in [0.05, 0.1) is 13.0 Å². The molecule has 0 fully saturated rings. The number of hydrogen-bond acceptors (Lipinski definition) is 3. The molecular weight excluding hydrogens is 154 g/mol. The highest BCUT2D eigenvalue weighted by atomic mass is 16.5. The first-order chi connectivity index (χ1) is 5.74. The van der Waals surface area contributed by atoms with Crippen LogP contribution < -0.4 is 5.73 Å². The Labute approximate surface area is 72.9 Å². The third kappa shape index (κ3) is 4.55. The zero-order valence-electron chi connectivity index (χ0n) is 7.54. The summed E-state index contributed by atoms with van der Waals surface area (Å²) < 4.78 is 4.77. The summed E-state index contributed by atoms with van der Waals surface area (Å²) in [5.41, 5.74) is 6.05. The van der Waals surface area contributed by atoms with Crippen LogP contribution in [0.4, 0.5) is 0 Å². The SMILES string of the molecule is C/C=C(\C=C/N)CC(=O)OCC. The van der Waals surface area contributed by atoms with Gasteiger partial charge in [-0.05, 0) is 31.7 Å². The molecule has 68 valence electrons. The average Bonchev–Trinajstić information content (AvgIpc) is 2.04. The van der Waals surface area contributed by atoms with Crippen molar-refractivity contribution in [2.45, 2.75) is 20.3 Å². The molecule has 0 atom stereocenters. The van der Waals surface area contributed by atoms with E-state index >= 15 is 0 Å². The molecule has 0 heterocycles. The molecule has 0 radical (unpaired) electrons. The first-order valence-corrected chi connectivity index (χ1v) is 3.93. The van der Waals surface area contributed by atoms with E-state index in [0.29, 0.717) is 6.61 Å². The summed E-state index contributed by atoms with van der Waals surface area (Å²) in [6.45, 7) is 4.06. The molecule has 0 aliphatic rings. The van der Waals surface area contributed by atoms with Crippen molar-refractivity contribution in [3.8, 4) is 0 Å². The Morgan fingerprint density at radius 3 is 2.67 bits per heavy atom. The van der Waals surface area contributed by atoms with E-state index in [2.05, 4.69) is 0 Å². The Morgan fingerprint density at radius 2 is 2.25 bits per heavy atom. The lowest BCUT2D eigenvalue weighted by Gasteiger charge is -2.01. The first kappa shape index (κ1) is 10.8. The van der Waals surface area contributed by atoms with Gasteiger partial charge in [0.2, 0.25) is 0 Å². The maximum atomic E-state index is 10.9. The van der Waals surface area contributed by atoms with Gasteiger partial charge < -0.3 is 10.5 Å². The van der Waals surface area contributed by atoms with Gasteiger partial charge in [0, 0.05) is 0 Å². The number of carbonyl (C=O) groups is 1. The van der Waals surface area contributed by atoms with Crippen molar-refractivity contribution in [3.05, 3.63) is 23.9 Å². The number of nitrogens with two attached hydrogens (primary N) is 1. The van der Waals surface area contributed by atoms with Crippen molar-refractivity contribution in [3.63, 3.8) is 0 Å². The molecule has 0 aliphatic carbocycles. The number of rotatable bonds is 4. The minimum absolute atomic E-state index is 0.219. The Morgan fingerprint density at radius 1 is 1.58 bits per heavy atom. The summed E-state index contributed by atoms with van der Waals surface area (Å²) in [5.74, 6) is -0.219. The maximum Gasteiger partial charge on any atom is 0.310 e. The predicted octanol–water partition coefficient (Wildman–Crippen LogP) is 1.36. The second-order valence-electron chi connectivity index (χ2n) is 2.20. The van der Waals surface area contributed by atoms with E-state index in [1.54, 1.807) is 13.0 Å². The number of ether oxygens (including phenoxy) is 1. The van der Waals surface area contributed by atoms with Gasteiger partial charge in [-0.15, -0.1) is 0 Å². The fourth-order valence-corrected chi connectivity index (χ4v) is 0.759. The molecule has 0 aromatic carbocycles. The highest BCUT2D eigenvalue weighted by Gasteiger charge is 2.02. The van der Waals surface area contributed by atoms with Crippen molar-refractivity contribution in [1.82, 2.24) is 0 Å². The Bertz CT molecular complexity index is 195. The summed E-state index contributed by atoms with van der Waals surface area (Å²) in [5, 5.41) is 0. The lowest BCUT2D eigenvalue weighted by molar-refractivity contribution is -0.142. The van der Waals surface area contributed by atoms with E-state index in [1.807, 2.05) is 13.0 Å². The molecule has 0 bridgehead atoms. The molecule has 0 saturated carbocycles. The van der Waals surface area contributed by atoms with Gasteiger partial charge in [-0.2, -0.15) is 0 Å². The van der Waals surface area contributed by atoms with E-state index in [9.17, 15) is 4.79 Å². The van der Waals surface area contributed by atoms with E-state index in [0.717, 1.165) is 5.57 Å². The van der Waals surface area contributed by atoms with Crippen molar-refractivity contribution >= 4 is 5.97 Å². The highest BCUT2D eigenvalue weighted by molar-refractivity contribution is 5.73. The molecule has 0 saturated heterocycles. The van der Waals surface area contributed by atoms with Crippen molar-refractivity contribution in [2.24, 2.45) is 5.73 Å². The van der Waals surface area contributed by atoms with Gasteiger partial charge >= 0.3 is 5.97 Å². The number of allylic oxidation sites excluding steroid dienone is 2. The summed E-state index contributed by atoms with van der Waals surface area (Å²) in [4.78, 5) is 10.9. The Hall–Kier alpha value is -1.25. The smallest absolute Gasteiger partial charge is 0.310 e. The summed E-state index contributed by atoms with van der Waals surface area (Å²) in [6.07, 6.45) is 5.23. The van der Waals surface area contributed by atoms with Crippen LogP contribution in [-0.2, 0) is 9.53 Å². The normalized spacial score (nSPS) is 12.0. The Balaban J connectivity index is 3.95. The average molecular weight is 169 g/mol. The fraction of sp³-hybridized carbons (Fsp3) is 0.444. The number of carbonyl (C=O) groups excluding carboxylic acids is 1. The van der Waals surface area contributed by atoms with Crippen molar-refractivity contribution in [2.75, 3.05) is 6.61 Å². The monoisotopic (exact) mass is 169 g/mol. The van der Waals surface area contributed by atoms with Crippen LogP contribution in [0.1, 0.15) is 20.3 Å². The van der Waals surface area contributed by atoms with Gasteiger partial charge in [-0.1, -0.05) is 6.08 Å². The van der Waals surface area contributed by atoms with Crippen LogP contribution in [-0.4, -0.2) is 12.6 Å². The number of hydrogen-bond donors (Lipinski definition) is 1. The summed E-state index contributed by atoms with van der Waals surface area (Å²) >= 11 is 0. The third-order valence-corrected chi connectivity index (χ3v) is 1.33. The fourth-order valence-electron chi connectivity index (χ4n) is 0.759. The zero-order valence-corrected chi connectivity index (χ0v) is 7.54. The van der Waals surface area contributed by atoms with Gasteiger partial charge in [0.15, 0.2) is 0 Å². The molecule has 0 amide bonds. The highest BCUT2D eigenvalue weighted by Crippen LogP contribution is 2.03. The lowest BCUT2D eigenvalue weighted by atomic mass is 10.2. The quantitative estimate of drug-likeness (QED) is 0.510. The third-order valence-electron chi connectivity index (χ3n) is 1.33. The van der Waals surface area contributed by atoms with E-state index in [-0.39, 0.29) is 12.4 Å². The molecule has 2 N–H and O–H groups in total. The van der Waals surface area contributed by atoms with Gasteiger partial charge in [-0.25, -0.2) is 0 Å². The van der Waals surface area contributed by atoms with Crippen LogP contribution >= 0.6 is 0 Å². The van der Waals surface area contributed by atoms with E-state index < -0.39 is 0 Å². The summed E-state index contributed by atoms with van der Waals surface area (Å²) in [6, 6.07) is 0. The van der Waals surface area contributed by atoms with Gasteiger partial charge in [-0.3, -0.25) is 4.79 Å². The largest absolute Gasteiger partial charge is 0.466 e. The molecule has 0 rings (SSSR count). The standard InChI is InChI=1S/C9H15NO2/c1-3-8(5-6-10)7-9(11)12-4-2/h3,5-6H,4,7,10H2,1-2H3/b6-5-,8-3+. The van der Waals surface area contributed by atoms with Crippen LogP contribution in [0.25, 0.3) is 0 Å². The maximum absolute atomic E-state index is 10.9. The molecule has 0 spiro atoms. The molecule has 12 heavy (non-hydrogen) atoms. The van der Waals surface area contributed by atoms with Crippen LogP contribution in [0.3, 0.4) is 0 Å². The molecular formula is C9H15NO2.